The van der Waals surface area contributed by atoms with Crippen molar-refractivity contribution in [3.8, 4) is 0 Å². The van der Waals surface area contributed by atoms with Crippen LogP contribution in [0.4, 0.5) is 0 Å². The maximum Gasteiger partial charge on any atom is 0.251 e. The van der Waals surface area contributed by atoms with Gasteiger partial charge in [-0.05, 0) is 43.5 Å². The molecule has 6 heteroatoms. The van der Waals surface area contributed by atoms with Gasteiger partial charge in [-0.25, -0.2) is 13.6 Å². The molecule has 2 unspecified atom stereocenters. The molecule has 0 bridgehead atoms. The third-order valence-electron chi connectivity index (χ3n) is 3.28. The highest BCUT2D eigenvalue weighted by Crippen LogP contribution is 2.11. The van der Waals surface area contributed by atoms with Crippen LogP contribution in [0.25, 0.3) is 0 Å². The number of amides is 1. The molecule has 0 aliphatic heterocycles. The summed E-state index contributed by atoms with van der Waals surface area (Å²) >= 11 is 0. The summed E-state index contributed by atoms with van der Waals surface area (Å²) < 4.78 is 22.2. The van der Waals surface area contributed by atoms with E-state index in [-0.39, 0.29) is 16.8 Å². The highest BCUT2D eigenvalue weighted by Gasteiger charge is 2.13. The minimum Gasteiger partial charge on any atom is -0.350 e. The van der Waals surface area contributed by atoms with Gasteiger partial charge in [0.1, 0.15) is 0 Å². The maximum atomic E-state index is 12.0. The predicted molar refractivity (Wildman–Crippen MR) is 78.8 cm³/mol. The molecule has 0 aromatic heterocycles. The van der Waals surface area contributed by atoms with Crippen molar-refractivity contribution in [2.24, 2.45) is 11.1 Å². The van der Waals surface area contributed by atoms with Gasteiger partial charge in [-0.1, -0.05) is 20.3 Å². The van der Waals surface area contributed by atoms with E-state index in [0.717, 1.165) is 12.8 Å². The number of benzene rings is 1. The van der Waals surface area contributed by atoms with Crippen molar-refractivity contribution in [2.75, 3.05) is 0 Å². The zero-order valence-corrected chi connectivity index (χ0v) is 12.9. The van der Waals surface area contributed by atoms with E-state index in [2.05, 4.69) is 19.2 Å². The Bertz CT molecular complexity index is 552. The summed E-state index contributed by atoms with van der Waals surface area (Å²) in [5.41, 5.74) is 0.424. The van der Waals surface area contributed by atoms with Crippen LogP contribution in [0.1, 0.15) is 44.0 Å². The zero-order valence-electron chi connectivity index (χ0n) is 12.1. The molecule has 0 spiro atoms. The zero-order chi connectivity index (χ0) is 15.3. The number of hydrogen-bond donors (Lipinski definition) is 2. The molecule has 2 atom stereocenters. The highest BCUT2D eigenvalue weighted by molar-refractivity contribution is 7.89. The Morgan fingerprint density at radius 3 is 2.25 bits per heavy atom. The van der Waals surface area contributed by atoms with Gasteiger partial charge in [0, 0.05) is 11.6 Å². The average Bonchev–Trinajstić information content (AvgIpc) is 2.37. The van der Waals surface area contributed by atoms with Crippen LogP contribution in [0.5, 0.6) is 0 Å². The van der Waals surface area contributed by atoms with Gasteiger partial charge in [0.05, 0.1) is 4.90 Å². The van der Waals surface area contributed by atoms with Crippen molar-refractivity contribution in [2.45, 2.75) is 44.6 Å². The van der Waals surface area contributed by atoms with Gasteiger partial charge in [0.15, 0.2) is 0 Å². The molecule has 0 fully saturated rings. The molecule has 0 aliphatic carbocycles. The van der Waals surface area contributed by atoms with Crippen LogP contribution in [0, 0.1) is 5.92 Å². The molecule has 20 heavy (non-hydrogen) atoms. The van der Waals surface area contributed by atoms with E-state index < -0.39 is 10.0 Å². The molecule has 5 nitrogen and oxygen atoms in total. The number of carbonyl (C=O) groups excluding carboxylic acids is 1. The summed E-state index contributed by atoms with van der Waals surface area (Å²) in [5.74, 6) is 0.344. The molecule has 0 saturated carbocycles. The Labute approximate surface area is 120 Å². The third-order valence-corrected chi connectivity index (χ3v) is 4.20. The molecule has 3 N–H and O–H groups in total. The second-order valence-corrected chi connectivity index (χ2v) is 6.75. The molecule has 1 rings (SSSR count). The fourth-order valence-corrected chi connectivity index (χ4v) is 2.45. The van der Waals surface area contributed by atoms with Crippen LogP contribution >= 0.6 is 0 Å². The molecule has 112 valence electrons. The van der Waals surface area contributed by atoms with E-state index in [1.807, 2.05) is 6.92 Å². The van der Waals surface area contributed by atoms with Crippen molar-refractivity contribution in [3.63, 3.8) is 0 Å². The summed E-state index contributed by atoms with van der Waals surface area (Å²) in [4.78, 5) is 12.0. The van der Waals surface area contributed by atoms with Gasteiger partial charge in [0.25, 0.3) is 5.91 Å². The fourth-order valence-electron chi connectivity index (χ4n) is 1.93. The summed E-state index contributed by atoms with van der Waals surface area (Å²) in [6.07, 6.45) is 1.99. The Morgan fingerprint density at radius 2 is 1.80 bits per heavy atom. The largest absolute Gasteiger partial charge is 0.350 e. The highest BCUT2D eigenvalue weighted by atomic mass is 32.2. The van der Waals surface area contributed by atoms with Crippen molar-refractivity contribution in [1.82, 2.24) is 5.32 Å². The SMILES string of the molecule is CCC(C)CC(C)NC(=O)c1ccc(S(N)(=O)=O)cc1. The molecule has 0 radical (unpaired) electrons. The third kappa shape index (κ3) is 4.94. The van der Waals surface area contributed by atoms with Gasteiger partial charge in [-0.3, -0.25) is 4.79 Å². The van der Waals surface area contributed by atoms with Gasteiger partial charge in [-0.15, -0.1) is 0 Å². The van der Waals surface area contributed by atoms with Crippen molar-refractivity contribution in [1.29, 1.82) is 0 Å². The average molecular weight is 298 g/mol. The topological polar surface area (TPSA) is 89.3 Å². The first-order valence-corrected chi connectivity index (χ1v) is 8.22. The van der Waals surface area contributed by atoms with Crippen molar-refractivity contribution < 1.29 is 13.2 Å². The van der Waals surface area contributed by atoms with E-state index in [9.17, 15) is 13.2 Å². The first-order valence-electron chi connectivity index (χ1n) is 6.67. The van der Waals surface area contributed by atoms with Crippen LogP contribution in [0.3, 0.4) is 0 Å². The normalized spacial score (nSPS) is 14.6. The summed E-state index contributed by atoms with van der Waals surface area (Å²) in [6, 6.07) is 5.68. The molecule has 1 aromatic carbocycles. The molecule has 0 heterocycles. The van der Waals surface area contributed by atoms with Gasteiger partial charge >= 0.3 is 0 Å². The second kappa shape index (κ2) is 6.85. The first-order chi connectivity index (χ1) is 9.24. The Morgan fingerprint density at radius 1 is 1.25 bits per heavy atom. The van der Waals surface area contributed by atoms with Crippen LogP contribution in [-0.2, 0) is 10.0 Å². The van der Waals surface area contributed by atoms with Gasteiger partial charge in [-0.2, -0.15) is 0 Å². The second-order valence-electron chi connectivity index (χ2n) is 5.19. The minimum absolute atomic E-state index is 0.00158. The maximum absolute atomic E-state index is 12.0. The Kier molecular flexibility index (Phi) is 5.71. The summed E-state index contributed by atoms with van der Waals surface area (Å²) in [6.45, 7) is 6.22. The molecule has 1 aromatic rings. The van der Waals surface area contributed by atoms with Gasteiger partial charge in [0.2, 0.25) is 10.0 Å². The molecule has 0 aliphatic rings. The number of carbonyl (C=O) groups is 1. The number of primary sulfonamides is 1. The number of sulfonamides is 1. The Balaban J connectivity index is 2.69. The van der Waals surface area contributed by atoms with Crippen molar-refractivity contribution >= 4 is 15.9 Å². The van der Waals surface area contributed by atoms with Crippen LogP contribution in [0.2, 0.25) is 0 Å². The summed E-state index contributed by atoms with van der Waals surface area (Å²) in [7, 11) is -3.72. The van der Waals surface area contributed by atoms with E-state index in [1.165, 1.54) is 24.3 Å². The number of hydrogen-bond acceptors (Lipinski definition) is 3. The smallest absolute Gasteiger partial charge is 0.251 e. The summed E-state index contributed by atoms with van der Waals surface area (Å²) in [5, 5.41) is 7.91. The monoisotopic (exact) mass is 298 g/mol. The fraction of sp³-hybridized carbons (Fsp3) is 0.500. The van der Waals surface area contributed by atoms with Crippen molar-refractivity contribution in [3.05, 3.63) is 29.8 Å². The van der Waals surface area contributed by atoms with E-state index in [4.69, 9.17) is 5.14 Å². The van der Waals surface area contributed by atoms with Crippen LogP contribution in [-0.4, -0.2) is 20.4 Å². The van der Waals surface area contributed by atoms with E-state index in [1.54, 1.807) is 0 Å². The van der Waals surface area contributed by atoms with E-state index >= 15 is 0 Å². The van der Waals surface area contributed by atoms with Crippen LogP contribution in [0.15, 0.2) is 29.2 Å². The Hall–Kier alpha value is -1.40. The lowest BCUT2D eigenvalue weighted by molar-refractivity contribution is 0.0935. The number of rotatable bonds is 6. The first kappa shape index (κ1) is 16.7. The van der Waals surface area contributed by atoms with E-state index in [0.29, 0.717) is 11.5 Å². The lowest BCUT2D eigenvalue weighted by atomic mass is 10.0. The molecule has 1 amide bonds. The lowest BCUT2D eigenvalue weighted by Gasteiger charge is -2.17. The molecule has 0 saturated heterocycles. The lowest BCUT2D eigenvalue weighted by Crippen LogP contribution is -2.33. The number of nitrogens with one attached hydrogen (secondary N) is 1. The quantitative estimate of drug-likeness (QED) is 0.840. The van der Waals surface area contributed by atoms with Crippen LogP contribution < -0.4 is 10.5 Å². The van der Waals surface area contributed by atoms with Gasteiger partial charge < -0.3 is 5.32 Å². The minimum atomic E-state index is -3.72. The standard InChI is InChI=1S/C14H22N2O3S/c1-4-10(2)9-11(3)16-14(17)12-5-7-13(8-6-12)20(15,18)19/h5-8,10-11H,4,9H2,1-3H3,(H,16,17)(H2,15,18,19). The predicted octanol–water partition coefficient (Wildman–Crippen LogP) is 1.89. The molecular formula is C14H22N2O3S. The number of nitrogens with two attached hydrogens (primary N) is 1. The molecular weight excluding hydrogens is 276 g/mol.